The molecule has 3 rings (SSSR count). The Labute approximate surface area is 150 Å². The number of benzene rings is 2. The molecule has 0 spiro atoms. The van der Waals surface area contributed by atoms with Crippen LogP contribution in [0, 0.1) is 6.92 Å². The molecule has 134 valence electrons. The van der Waals surface area contributed by atoms with E-state index in [9.17, 15) is 8.42 Å². The zero-order chi connectivity index (χ0) is 17.9. The maximum atomic E-state index is 12.4. The monoisotopic (exact) mass is 359 g/mol. The Morgan fingerprint density at radius 3 is 2.32 bits per heavy atom. The Kier molecular flexibility index (Phi) is 5.42. The minimum atomic E-state index is -3.48. The molecule has 1 N–H and O–H groups in total. The van der Waals surface area contributed by atoms with Gasteiger partial charge in [-0.15, -0.1) is 0 Å². The Hall–Kier alpha value is -1.89. The Bertz CT molecular complexity index is 811. The van der Waals surface area contributed by atoms with Crippen molar-refractivity contribution in [2.75, 3.05) is 38.1 Å². The first-order valence-corrected chi connectivity index (χ1v) is 10.0. The first kappa shape index (κ1) is 17.9. The molecule has 0 saturated carbocycles. The lowest BCUT2D eigenvalue weighted by Crippen LogP contribution is -2.44. The number of hydrogen-bond acceptors (Lipinski definition) is 4. The molecule has 1 aliphatic heterocycles. The van der Waals surface area contributed by atoms with E-state index in [1.54, 1.807) is 18.2 Å². The number of nitrogens with one attached hydrogen (secondary N) is 1. The number of nitrogens with zero attached hydrogens (tertiary/aromatic N) is 2. The van der Waals surface area contributed by atoms with E-state index < -0.39 is 10.0 Å². The molecule has 0 bridgehead atoms. The quantitative estimate of drug-likeness (QED) is 0.889. The Morgan fingerprint density at radius 1 is 1.00 bits per heavy atom. The molecular weight excluding hydrogens is 334 g/mol. The molecule has 1 heterocycles. The van der Waals surface area contributed by atoms with E-state index in [1.165, 1.54) is 5.69 Å². The highest BCUT2D eigenvalue weighted by molar-refractivity contribution is 7.89. The minimum Gasteiger partial charge on any atom is -0.369 e. The molecule has 1 fully saturated rings. The van der Waals surface area contributed by atoms with Crippen LogP contribution in [0.1, 0.15) is 11.1 Å². The molecule has 1 saturated heterocycles. The van der Waals surface area contributed by atoms with Crippen LogP contribution in [0.15, 0.2) is 53.4 Å². The van der Waals surface area contributed by atoms with Gasteiger partial charge in [-0.3, -0.25) is 0 Å². The number of aryl methyl sites for hydroxylation is 1. The molecule has 6 heteroatoms. The summed E-state index contributed by atoms with van der Waals surface area (Å²) in [7, 11) is -1.34. The number of likely N-dealkylation sites (N-methyl/N-ethyl adjacent to an activating group) is 1. The molecule has 25 heavy (non-hydrogen) atoms. The Balaban J connectivity index is 1.62. The first-order valence-electron chi connectivity index (χ1n) is 8.53. The summed E-state index contributed by atoms with van der Waals surface area (Å²) in [5.41, 5.74) is 3.08. The van der Waals surface area contributed by atoms with Gasteiger partial charge in [0.05, 0.1) is 4.90 Å². The van der Waals surface area contributed by atoms with Crippen molar-refractivity contribution in [1.82, 2.24) is 9.62 Å². The number of rotatable bonds is 5. The van der Waals surface area contributed by atoms with E-state index >= 15 is 0 Å². The fourth-order valence-corrected chi connectivity index (χ4v) is 4.06. The molecular formula is C19H25N3O2S. The maximum Gasteiger partial charge on any atom is 0.240 e. The van der Waals surface area contributed by atoms with Crippen LogP contribution in [0.5, 0.6) is 0 Å². The van der Waals surface area contributed by atoms with E-state index in [-0.39, 0.29) is 0 Å². The molecule has 1 aliphatic rings. The third kappa shape index (κ3) is 4.60. The SMILES string of the molecule is Cc1cccc(S(=O)(=O)NCc2ccc(N3CCN(C)CC3)cc2)c1. The molecule has 5 nitrogen and oxygen atoms in total. The Morgan fingerprint density at radius 2 is 1.68 bits per heavy atom. The largest absolute Gasteiger partial charge is 0.369 e. The minimum absolute atomic E-state index is 0.291. The summed E-state index contributed by atoms with van der Waals surface area (Å²) in [5.74, 6) is 0. The van der Waals surface area contributed by atoms with Crippen molar-refractivity contribution in [2.45, 2.75) is 18.4 Å². The predicted octanol–water partition coefficient (Wildman–Crippen LogP) is 2.23. The van der Waals surface area contributed by atoms with Gasteiger partial charge in [-0.2, -0.15) is 0 Å². The molecule has 0 aromatic heterocycles. The van der Waals surface area contributed by atoms with Crippen LogP contribution in [0.25, 0.3) is 0 Å². The van der Waals surface area contributed by atoms with Gasteiger partial charge in [-0.25, -0.2) is 13.1 Å². The number of sulfonamides is 1. The van der Waals surface area contributed by atoms with Gasteiger partial charge in [0, 0.05) is 38.4 Å². The van der Waals surface area contributed by atoms with E-state index in [1.807, 2.05) is 25.1 Å². The van der Waals surface area contributed by atoms with Gasteiger partial charge in [0.1, 0.15) is 0 Å². The third-order valence-corrected chi connectivity index (χ3v) is 5.97. The van der Waals surface area contributed by atoms with Crippen LogP contribution in [-0.2, 0) is 16.6 Å². The van der Waals surface area contributed by atoms with Crippen molar-refractivity contribution < 1.29 is 8.42 Å². The number of hydrogen-bond donors (Lipinski definition) is 1. The van der Waals surface area contributed by atoms with Gasteiger partial charge in [0.15, 0.2) is 0 Å². The van der Waals surface area contributed by atoms with E-state index in [0.717, 1.165) is 37.3 Å². The van der Waals surface area contributed by atoms with E-state index in [0.29, 0.717) is 11.4 Å². The molecule has 0 aliphatic carbocycles. The number of anilines is 1. The zero-order valence-corrected chi connectivity index (χ0v) is 15.6. The van der Waals surface area contributed by atoms with Gasteiger partial charge in [0.2, 0.25) is 10.0 Å². The van der Waals surface area contributed by atoms with Gasteiger partial charge in [-0.1, -0.05) is 24.3 Å². The van der Waals surface area contributed by atoms with Crippen LogP contribution in [0.4, 0.5) is 5.69 Å². The van der Waals surface area contributed by atoms with Crippen molar-refractivity contribution in [1.29, 1.82) is 0 Å². The highest BCUT2D eigenvalue weighted by atomic mass is 32.2. The number of piperazine rings is 1. The molecule has 2 aromatic rings. The summed E-state index contributed by atoms with van der Waals surface area (Å²) in [6, 6.07) is 15.1. The third-order valence-electron chi connectivity index (χ3n) is 4.57. The second-order valence-electron chi connectivity index (χ2n) is 6.60. The summed E-state index contributed by atoms with van der Waals surface area (Å²) in [6.45, 7) is 6.36. The van der Waals surface area contributed by atoms with Crippen LogP contribution in [-0.4, -0.2) is 46.5 Å². The zero-order valence-electron chi connectivity index (χ0n) is 14.8. The van der Waals surface area contributed by atoms with Crippen LogP contribution >= 0.6 is 0 Å². The van der Waals surface area contributed by atoms with Gasteiger partial charge < -0.3 is 9.80 Å². The molecule has 0 amide bonds. The molecule has 0 atom stereocenters. The van der Waals surface area contributed by atoms with Crippen molar-refractivity contribution in [3.63, 3.8) is 0 Å². The lowest BCUT2D eigenvalue weighted by Gasteiger charge is -2.34. The maximum absolute atomic E-state index is 12.4. The fourth-order valence-electron chi connectivity index (χ4n) is 2.93. The second-order valence-corrected chi connectivity index (χ2v) is 8.36. The molecule has 0 radical (unpaired) electrons. The predicted molar refractivity (Wildman–Crippen MR) is 101 cm³/mol. The van der Waals surface area contributed by atoms with Crippen LogP contribution in [0.3, 0.4) is 0 Å². The molecule has 2 aromatic carbocycles. The van der Waals surface area contributed by atoms with Crippen molar-refractivity contribution >= 4 is 15.7 Å². The normalized spacial score (nSPS) is 16.2. The second kappa shape index (κ2) is 7.56. The fraction of sp³-hybridized carbons (Fsp3) is 0.368. The molecule has 0 unspecified atom stereocenters. The summed E-state index contributed by atoms with van der Waals surface area (Å²) >= 11 is 0. The summed E-state index contributed by atoms with van der Waals surface area (Å²) in [4.78, 5) is 4.99. The lowest BCUT2D eigenvalue weighted by molar-refractivity contribution is 0.313. The summed E-state index contributed by atoms with van der Waals surface area (Å²) in [6.07, 6.45) is 0. The van der Waals surface area contributed by atoms with E-state index in [4.69, 9.17) is 0 Å². The van der Waals surface area contributed by atoms with Gasteiger partial charge >= 0.3 is 0 Å². The topological polar surface area (TPSA) is 52.7 Å². The van der Waals surface area contributed by atoms with Gasteiger partial charge in [-0.05, 0) is 49.4 Å². The highest BCUT2D eigenvalue weighted by Crippen LogP contribution is 2.18. The van der Waals surface area contributed by atoms with Crippen LogP contribution < -0.4 is 9.62 Å². The summed E-state index contributed by atoms with van der Waals surface area (Å²) in [5, 5.41) is 0. The van der Waals surface area contributed by atoms with E-state index in [2.05, 4.69) is 33.7 Å². The van der Waals surface area contributed by atoms with Crippen LogP contribution in [0.2, 0.25) is 0 Å². The average Bonchev–Trinajstić information content (AvgIpc) is 2.61. The van der Waals surface area contributed by atoms with Gasteiger partial charge in [0.25, 0.3) is 0 Å². The van der Waals surface area contributed by atoms with Crippen molar-refractivity contribution in [3.8, 4) is 0 Å². The summed E-state index contributed by atoms with van der Waals surface area (Å²) < 4.78 is 27.4. The lowest BCUT2D eigenvalue weighted by atomic mass is 10.2. The average molecular weight is 359 g/mol. The standard InChI is InChI=1S/C19H25N3O2S/c1-16-4-3-5-19(14-16)25(23,24)20-15-17-6-8-18(9-7-17)22-12-10-21(2)11-13-22/h3-9,14,20H,10-13,15H2,1-2H3. The first-order chi connectivity index (χ1) is 11.9. The smallest absolute Gasteiger partial charge is 0.240 e. The highest BCUT2D eigenvalue weighted by Gasteiger charge is 2.15. The van der Waals surface area contributed by atoms with Crippen molar-refractivity contribution in [2.24, 2.45) is 0 Å². The van der Waals surface area contributed by atoms with Crippen molar-refractivity contribution in [3.05, 3.63) is 59.7 Å².